The predicted molar refractivity (Wildman–Crippen MR) is 102 cm³/mol. The van der Waals surface area contributed by atoms with Crippen molar-refractivity contribution in [3.63, 3.8) is 0 Å². The van der Waals surface area contributed by atoms with Crippen molar-refractivity contribution in [1.29, 1.82) is 0 Å². The molecular weight excluding hydrogens is 376 g/mol. The first-order chi connectivity index (χ1) is 14.0. The van der Waals surface area contributed by atoms with E-state index in [1.54, 1.807) is 39.6 Å². The van der Waals surface area contributed by atoms with E-state index in [2.05, 4.69) is 25.4 Å². The minimum atomic E-state index is -0.706. The maximum Gasteiger partial charge on any atom is 0.177 e. The zero-order valence-corrected chi connectivity index (χ0v) is 15.6. The van der Waals surface area contributed by atoms with Gasteiger partial charge in [-0.25, -0.2) is 18.3 Å². The van der Waals surface area contributed by atoms with E-state index < -0.39 is 11.6 Å². The third-order valence-electron chi connectivity index (χ3n) is 4.64. The molecule has 0 radical (unpaired) electrons. The summed E-state index contributed by atoms with van der Waals surface area (Å²) < 4.78 is 31.2. The highest BCUT2D eigenvalue weighted by Gasteiger charge is 2.22. The summed E-state index contributed by atoms with van der Waals surface area (Å²) in [6.07, 6.45) is 3.34. The molecule has 0 N–H and O–H groups in total. The Labute approximate surface area is 163 Å². The molecule has 0 bridgehead atoms. The average Bonchev–Trinajstić information content (AvgIpc) is 3.28. The van der Waals surface area contributed by atoms with Gasteiger partial charge in [-0.2, -0.15) is 14.7 Å². The Kier molecular flexibility index (Phi) is 3.83. The lowest BCUT2D eigenvalue weighted by Crippen LogP contribution is -2.02. The number of rotatable bonds is 3. The Morgan fingerprint density at radius 3 is 2.66 bits per heavy atom. The number of hydrogen-bond acceptors (Lipinski definition) is 5. The molecule has 0 saturated heterocycles. The number of halogens is 2. The summed E-state index contributed by atoms with van der Waals surface area (Å²) in [6, 6.07) is 8.69. The van der Waals surface area contributed by atoms with Crippen LogP contribution in [-0.4, -0.2) is 34.4 Å². The van der Waals surface area contributed by atoms with Gasteiger partial charge < -0.3 is 0 Å². The summed E-state index contributed by atoms with van der Waals surface area (Å²) in [5.74, 6) is -0.534. The van der Waals surface area contributed by atoms with Crippen LogP contribution in [0, 0.1) is 11.6 Å². The maximum absolute atomic E-state index is 14.6. The average molecular weight is 391 g/mol. The SMILES string of the molecule is CC(C)c1nnc2ccc(-c3c(-c4ccc(F)cc4F)nn4cccnc34)nn12. The number of benzene rings is 1. The van der Waals surface area contributed by atoms with Crippen LogP contribution in [0.1, 0.15) is 25.6 Å². The molecule has 9 heteroatoms. The molecule has 4 heterocycles. The fourth-order valence-electron chi connectivity index (χ4n) is 3.29. The smallest absolute Gasteiger partial charge is 0.177 e. The van der Waals surface area contributed by atoms with Gasteiger partial charge in [-0.05, 0) is 30.3 Å². The molecule has 0 aliphatic carbocycles. The quantitative estimate of drug-likeness (QED) is 0.466. The van der Waals surface area contributed by atoms with Crippen LogP contribution in [-0.2, 0) is 0 Å². The molecule has 0 aliphatic rings. The predicted octanol–water partition coefficient (Wildman–Crippen LogP) is 3.90. The summed E-state index contributed by atoms with van der Waals surface area (Å²) in [6.45, 7) is 4.00. The zero-order chi connectivity index (χ0) is 20.1. The molecule has 0 amide bonds. The lowest BCUT2D eigenvalue weighted by Gasteiger charge is -2.06. The van der Waals surface area contributed by atoms with Crippen LogP contribution < -0.4 is 0 Å². The Bertz CT molecular complexity index is 1370. The second-order valence-corrected chi connectivity index (χ2v) is 6.94. The maximum atomic E-state index is 14.6. The van der Waals surface area contributed by atoms with Crippen molar-refractivity contribution < 1.29 is 8.78 Å². The topological polar surface area (TPSA) is 73.3 Å². The van der Waals surface area contributed by atoms with Crippen molar-refractivity contribution >= 4 is 11.3 Å². The third kappa shape index (κ3) is 2.74. The van der Waals surface area contributed by atoms with Gasteiger partial charge in [0.15, 0.2) is 17.1 Å². The van der Waals surface area contributed by atoms with Gasteiger partial charge in [-0.15, -0.1) is 10.2 Å². The monoisotopic (exact) mass is 391 g/mol. The molecule has 0 saturated carbocycles. The van der Waals surface area contributed by atoms with E-state index >= 15 is 0 Å². The van der Waals surface area contributed by atoms with Gasteiger partial charge in [0.1, 0.15) is 17.3 Å². The van der Waals surface area contributed by atoms with E-state index in [0.717, 1.165) is 6.07 Å². The molecule has 5 rings (SSSR count). The van der Waals surface area contributed by atoms with E-state index in [4.69, 9.17) is 0 Å². The van der Waals surface area contributed by atoms with Gasteiger partial charge in [0.05, 0.1) is 11.3 Å². The molecule has 1 aromatic carbocycles. The number of aromatic nitrogens is 7. The first-order valence-electron chi connectivity index (χ1n) is 9.04. The van der Waals surface area contributed by atoms with Crippen molar-refractivity contribution in [2.75, 3.05) is 0 Å². The molecule has 0 fully saturated rings. The first-order valence-corrected chi connectivity index (χ1v) is 9.04. The van der Waals surface area contributed by atoms with Crippen LogP contribution in [0.5, 0.6) is 0 Å². The third-order valence-corrected chi connectivity index (χ3v) is 4.64. The molecule has 5 aromatic rings. The van der Waals surface area contributed by atoms with E-state index in [1.165, 1.54) is 12.1 Å². The van der Waals surface area contributed by atoms with Crippen LogP contribution in [0.3, 0.4) is 0 Å². The first kappa shape index (κ1) is 17.4. The zero-order valence-electron chi connectivity index (χ0n) is 15.6. The molecule has 29 heavy (non-hydrogen) atoms. The van der Waals surface area contributed by atoms with E-state index in [9.17, 15) is 8.78 Å². The standard InChI is InChI=1S/C20H15F2N7/c1-11(2)19-25-24-16-7-6-15(26-29(16)19)17-18(13-5-4-12(21)10-14(13)22)27-28-9-3-8-23-20(17)28/h3-11H,1-2H3. The van der Waals surface area contributed by atoms with Crippen LogP contribution in [0.25, 0.3) is 33.8 Å². The Balaban J connectivity index is 1.82. The van der Waals surface area contributed by atoms with Crippen LogP contribution in [0.15, 0.2) is 48.8 Å². The lowest BCUT2D eigenvalue weighted by atomic mass is 10.0. The fourth-order valence-corrected chi connectivity index (χ4v) is 3.29. The van der Waals surface area contributed by atoms with Gasteiger partial charge in [-0.3, -0.25) is 0 Å². The fraction of sp³-hybridized carbons (Fsp3) is 0.150. The summed E-state index contributed by atoms with van der Waals surface area (Å²) >= 11 is 0. The van der Waals surface area contributed by atoms with Crippen LogP contribution >= 0.6 is 0 Å². The molecule has 0 unspecified atom stereocenters. The highest BCUT2D eigenvalue weighted by molar-refractivity contribution is 5.89. The van der Waals surface area contributed by atoms with E-state index in [1.807, 2.05) is 13.8 Å². The normalized spacial score (nSPS) is 11.8. The Hall–Kier alpha value is -3.75. The highest BCUT2D eigenvalue weighted by Crippen LogP contribution is 2.34. The Morgan fingerprint density at radius 2 is 1.86 bits per heavy atom. The van der Waals surface area contributed by atoms with Crippen LogP contribution in [0.2, 0.25) is 0 Å². The van der Waals surface area contributed by atoms with Crippen molar-refractivity contribution in [2.45, 2.75) is 19.8 Å². The number of nitrogens with zero attached hydrogens (tertiary/aromatic N) is 7. The van der Waals surface area contributed by atoms with Gasteiger partial charge in [-0.1, -0.05) is 13.8 Å². The number of fused-ring (bicyclic) bond motifs is 2. The van der Waals surface area contributed by atoms with E-state index in [-0.39, 0.29) is 11.5 Å². The highest BCUT2D eigenvalue weighted by atomic mass is 19.1. The minimum absolute atomic E-state index is 0.115. The molecule has 7 nitrogen and oxygen atoms in total. The minimum Gasteiger partial charge on any atom is -0.236 e. The molecule has 0 spiro atoms. The number of hydrogen-bond donors (Lipinski definition) is 0. The molecular formula is C20H15F2N7. The van der Waals surface area contributed by atoms with Gasteiger partial charge in [0.2, 0.25) is 0 Å². The van der Waals surface area contributed by atoms with E-state index in [0.29, 0.717) is 34.1 Å². The Morgan fingerprint density at radius 1 is 1.00 bits per heavy atom. The molecule has 0 aliphatic heterocycles. The lowest BCUT2D eigenvalue weighted by molar-refractivity contribution is 0.585. The van der Waals surface area contributed by atoms with Crippen molar-refractivity contribution in [1.82, 2.24) is 34.4 Å². The molecule has 4 aromatic heterocycles. The van der Waals surface area contributed by atoms with Crippen molar-refractivity contribution in [3.05, 3.63) is 66.3 Å². The summed E-state index contributed by atoms with van der Waals surface area (Å²) in [4.78, 5) is 4.40. The largest absolute Gasteiger partial charge is 0.236 e. The van der Waals surface area contributed by atoms with Crippen molar-refractivity contribution in [3.8, 4) is 22.5 Å². The van der Waals surface area contributed by atoms with Gasteiger partial charge >= 0.3 is 0 Å². The summed E-state index contributed by atoms with van der Waals surface area (Å²) in [5.41, 5.74) is 2.69. The molecule has 144 valence electrons. The summed E-state index contributed by atoms with van der Waals surface area (Å²) in [5, 5.41) is 17.5. The van der Waals surface area contributed by atoms with Crippen LogP contribution in [0.4, 0.5) is 8.78 Å². The summed E-state index contributed by atoms with van der Waals surface area (Å²) in [7, 11) is 0. The van der Waals surface area contributed by atoms with Gasteiger partial charge in [0.25, 0.3) is 0 Å². The van der Waals surface area contributed by atoms with Crippen molar-refractivity contribution in [2.24, 2.45) is 0 Å². The van der Waals surface area contributed by atoms with Gasteiger partial charge in [0, 0.05) is 29.9 Å². The molecule has 0 atom stereocenters. The second-order valence-electron chi connectivity index (χ2n) is 6.94. The second kappa shape index (κ2) is 6.40.